The van der Waals surface area contributed by atoms with Crippen molar-refractivity contribution in [1.29, 1.82) is 0 Å². The number of carbonyl (C=O) groups excluding carboxylic acids is 1. The minimum Gasteiger partial charge on any atom is -0.317 e. The summed E-state index contributed by atoms with van der Waals surface area (Å²) in [5, 5.41) is 3.37. The van der Waals surface area contributed by atoms with Crippen LogP contribution in [-0.2, 0) is 0 Å². The third-order valence-electron chi connectivity index (χ3n) is 4.82. The Bertz CT molecular complexity index is 526. The summed E-state index contributed by atoms with van der Waals surface area (Å²) in [6.45, 7) is 4.81. The molecule has 0 aliphatic carbocycles. The summed E-state index contributed by atoms with van der Waals surface area (Å²) >= 11 is 0. The summed E-state index contributed by atoms with van der Waals surface area (Å²) in [6, 6.07) is 5.23. The number of nitrogens with one attached hydrogen (secondary N) is 1. The van der Waals surface area contributed by atoms with E-state index in [0.717, 1.165) is 45.3 Å². The maximum atomic E-state index is 13.4. The van der Waals surface area contributed by atoms with Crippen LogP contribution in [0.5, 0.6) is 0 Å². The van der Waals surface area contributed by atoms with Crippen molar-refractivity contribution in [2.45, 2.75) is 44.7 Å². The minimum absolute atomic E-state index is 0.0158. The molecule has 0 bridgehead atoms. The number of rotatable bonds is 3. The zero-order chi connectivity index (χ0) is 14.8. The second kappa shape index (κ2) is 6.24. The Labute approximate surface area is 125 Å². The number of carbonyl (C=O) groups is 1. The van der Waals surface area contributed by atoms with Crippen LogP contribution in [0.4, 0.5) is 4.39 Å². The van der Waals surface area contributed by atoms with E-state index >= 15 is 0 Å². The average molecular weight is 290 g/mol. The van der Waals surface area contributed by atoms with Crippen molar-refractivity contribution in [2.75, 3.05) is 19.6 Å². The zero-order valence-electron chi connectivity index (χ0n) is 12.6. The van der Waals surface area contributed by atoms with Crippen molar-refractivity contribution in [3.05, 3.63) is 35.1 Å². The Morgan fingerprint density at radius 3 is 2.76 bits per heavy atom. The van der Waals surface area contributed by atoms with Gasteiger partial charge in [0.25, 0.3) is 0 Å². The van der Waals surface area contributed by atoms with E-state index in [2.05, 4.69) is 10.2 Å². The molecule has 0 amide bonds. The lowest BCUT2D eigenvalue weighted by atomic mass is 9.97. The van der Waals surface area contributed by atoms with Crippen molar-refractivity contribution in [3.63, 3.8) is 0 Å². The molecule has 1 aromatic carbocycles. The number of benzene rings is 1. The van der Waals surface area contributed by atoms with Gasteiger partial charge in [0.15, 0.2) is 5.78 Å². The van der Waals surface area contributed by atoms with Gasteiger partial charge in [-0.15, -0.1) is 0 Å². The van der Waals surface area contributed by atoms with Crippen molar-refractivity contribution < 1.29 is 9.18 Å². The standard InChI is InChI=1S/C17H23FN2O/c1-12-11-13(4-5-15(12)18)17(21)16-3-2-10-20(16)14-6-8-19-9-7-14/h4-5,11,14,16,19H,2-3,6-10H2,1H3. The Morgan fingerprint density at radius 2 is 2.05 bits per heavy atom. The molecule has 4 heteroatoms. The Morgan fingerprint density at radius 1 is 1.29 bits per heavy atom. The summed E-state index contributed by atoms with van der Waals surface area (Å²) in [5.41, 5.74) is 1.20. The van der Waals surface area contributed by atoms with Crippen LogP contribution >= 0.6 is 0 Å². The van der Waals surface area contributed by atoms with Gasteiger partial charge in [0.05, 0.1) is 6.04 Å². The first-order valence-corrected chi connectivity index (χ1v) is 7.93. The van der Waals surface area contributed by atoms with E-state index in [4.69, 9.17) is 0 Å². The molecular formula is C17H23FN2O. The van der Waals surface area contributed by atoms with Crippen molar-refractivity contribution >= 4 is 5.78 Å². The maximum Gasteiger partial charge on any atom is 0.179 e. The molecule has 1 unspecified atom stereocenters. The summed E-state index contributed by atoms with van der Waals surface area (Å²) in [7, 11) is 0. The van der Waals surface area contributed by atoms with Gasteiger partial charge >= 0.3 is 0 Å². The van der Waals surface area contributed by atoms with E-state index in [-0.39, 0.29) is 17.6 Å². The Hall–Kier alpha value is -1.26. The Balaban J connectivity index is 1.77. The first kappa shape index (κ1) is 14.7. The minimum atomic E-state index is -0.242. The largest absolute Gasteiger partial charge is 0.317 e. The van der Waals surface area contributed by atoms with Crippen molar-refractivity contribution in [3.8, 4) is 0 Å². The first-order chi connectivity index (χ1) is 10.2. The fraction of sp³-hybridized carbons (Fsp3) is 0.588. The number of likely N-dealkylation sites (tertiary alicyclic amines) is 1. The molecule has 2 fully saturated rings. The molecule has 2 aliphatic rings. The fourth-order valence-electron chi connectivity index (χ4n) is 3.64. The normalized spacial score (nSPS) is 24.4. The molecule has 2 heterocycles. The molecule has 0 aromatic heterocycles. The van der Waals surface area contributed by atoms with E-state index in [1.165, 1.54) is 6.07 Å². The summed E-state index contributed by atoms with van der Waals surface area (Å²) in [6.07, 6.45) is 4.25. The van der Waals surface area contributed by atoms with Gasteiger partial charge in [-0.25, -0.2) is 4.39 Å². The molecular weight excluding hydrogens is 267 g/mol. The molecule has 0 spiro atoms. The predicted octanol–water partition coefficient (Wildman–Crippen LogP) is 2.53. The highest BCUT2D eigenvalue weighted by Crippen LogP contribution is 2.27. The van der Waals surface area contributed by atoms with Gasteiger partial charge in [-0.2, -0.15) is 0 Å². The molecule has 3 rings (SSSR count). The molecule has 21 heavy (non-hydrogen) atoms. The lowest BCUT2D eigenvalue weighted by molar-refractivity contribution is 0.0783. The highest BCUT2D eigenvalue weighted by molar-refractivity contribution is 6.00. The van der Waals surface area contributed by atoms with Crippen LogP contribution in [-0.4, -0.2) is 42.4 Å². The summed E-state index contributed by atoms with van der Waals surface area (Å²) in [5.74, 6) is -0.0812. The van der Waals surface area contributed by atoms with E-state index in [1.807, 2.05) is 0 Å². The average Bonchev–Trinajstić information content (AvgIpc) is 2.99. The molecule has 0 radical (unpaired) electrons. The molecule has 3 nitrogen and oxygen atoms in total. The first-order valence-electron chi connectivity index (χ1n) is 7.93. The molecule has 2 saturated heterocycles. The number of hydrogen-bond donors (Lipinski definition) is 1. The summed E-state index contributed by atoms with van der Waals surface area (Å²) in [4.78, 5) is 15.2. The smallest absolute Gasteiger partial charge is 0.179 e. The molecule has 1 N–H and O–H groups in total. The molecule has 114 valence electrons. The van der Waals surface area contributed by atoms with Gasteiger partial charge in [0, 0.05) is 11.6 Å². The van der Waals surface area contributed by atoms with Gasteiger partial charge in [0.1, 0.15) is 5.82 Å². The third kappa shape index (κ3) is 3.01. The van der Waals surface area contributed by atoms with E-state index in [9.17, 15) is 9.18 Å². The van der Waals surface area contributed by atoms with Crippen LogP contribution in [0.25, 0.3) is 0 Å². The monoisotopic (exact) mass is 290 g/mol. The van der Waals surface area contributed by atoms with Crippen LogP contribution in [0, 0.1) is 12.7 Å². The number of nitrogens with zero attached hydrogens (tertiary/aromatic N) is 1. The van der Waals surface area contributed by atoms with Gasteiger partial charge in [-0.05, 0) is 76.0 Å². The number of piperidine rings is 1. The van der Waals surface area contributed by atoms with Crippen LogP contribution in [0.2, 0.25) is 0 Å². The Kier molecular flexibility index (Phi) is 4.36. The van der Waals surface area contributed by atoms with Crippen LogP contribution < -0.4 is 5.32 Å². The second-order valence-electron chi connectivity index (χ2n) is 6.21. The molecule has 1 aromatic rings. The SMILES string of the molecule is Cc1cc(C(=O)C2CCCN2C2CCNCC2)ccc1F. The number of halogens is 1. The van der Waals surface area contributed by atoms with Gasteiger partial charge in [0.2, 0.25) is 0 Å². The fourth-order valence-corrected chi connectivity index (χ4v) is 3.64. The van der Waals surface area contributed by atoms with Gasteiger partial charge in [-0.1, -0.05) is 0 Å². The van der Waals surface area contributed by atoms with Crippen molar-refractivity contribution in [1.82, 2.24) is 10.2 Å². The number of ketones is 1. The maximum absolute atomic E-state index is 13.4. The highest BCUT2D eigenvalue weighted by atomic mass is 19.1. The number of hydrogen-bond acceptors (Lipinski definition) is 3. The number of Topliss-reactive ketones (excluding diaryl/α,β-unsaturated/α-hetero) is 1. The van der Waals surface area contributed by atoms with Crippen molar-refractivity contribution in [2.24, 2.45) is 0 Å². The molecule has 2 aliphatic heterocycles. The lowest BCUT2D eigenvalue weighted by Gasteiger charge is -2.35. The van der Waals surface area contributed by atoms with E-state index < -0.39 is 0 Å². The molecule has 0 saturated carbocycles. The highest BCUT2D eigenvalue weighted by Gasteiger charge is 2.36. The van der Waals surface area contributed by atoms with E-state index in [1.54, 1.807) is 19.1 Å². The summed E-state index contributed by atoms with van der Waals surface area (Å²) < 4.78 is 13.4. The van der Waals surface area contributed by atoms with Crippen LogP contribution in [0.1, 0.15) is 41.6 Å². The second-order valence-corrected chi connectivity index (χ2v) is 6.21. The lowest BCUT2D eigenvalue weighted by Crippen LogP contribution is -2.47. The molecule has 1 atom stereocenters. The van der Waals surface area contributed by atoms with Gasteiger partial charge < -0.3 is 5.32 Å². The number of aryl methyl sites for hydroxylation is 1. The predicted molar refractivity (Wildman–Crippen MR) is 81.1 cm³/mol. The van der Waals surface area contributed by atoms with E-state index in [0.29, 0.717) is 17.2 Å². The topological polar surface area (TPSA) is 32.3 Å². The zero-order valence-corrected chi connectivity index (χ0v) is 12.6. The quantitative estimate of drug-likeness (QED) is 0.868. The van der Waals surface area contributed by atoms with Crippen LogP contribution in [0.15, 0.2) is 18.2 Å². The third-order valence-corrected chi connectivity index (χ3v) is 4.82. The van der Waals surface area contributed by atoms with Crippen LogP contribution in [0.3, 0.4) is 0 Å². The van der Waals surface area contributed by atoms with Gasteiger partial charge in [-0.3, -0.25) is 9.69 Å².